The molecule has 1 aromatic rings. The third-order valence-electron chi connectivity index (χ3n) is 5.41. The van der Waals surface area contributed by atoms with Crippen LogP contribution in [0.4, 0.5) is 0 Å². The van der Waals surface area contributed by atoms with Crippen LogP contribution in [0.3, 0.4) is 0 Å². The summed E-state index contributed by atoms with van der Waals surface area (Å²) in [6.07, 6.45) is 5.15. The Morgan fingerprint density at radius 1 is 1.14 bits per heavy atom. The lowest BCUT2D eigenvalue weighted by Crippen LogP contribution is -2.41. The van der Waals surface area contributed by atoms with Gasteiger partial charge in [-0.15, -0.1) is 24.0 Å². The van der Waals surface area contributed by atoms with Gasteiger partial charge in [-0.25, -0.2) is 12.7 Å². The number of guanidine groups is 1. The third kappa shape index (κ3) is 6.59. The predicted octanol–water partition coefficient (Wildman–Crippen LogP) is 3.39. The number of halogens is 1. The average molecular weight is 522 g/mol. The molecule has 1 fully saturated rings. The zero-order valence-electron chi connectivity index (χ0n) is 17.7. The minimum atomic E-state index is -3.47. The van der Waals surface area contributed by atoms with Crippen molar-refractivity contribution in [3.63, 3.8) is 0 Å². The second-order valence-electron chi connectivity index (χ2n) is 7.80. The Balaban J connectivity index is 0.00000392. The van der Waals surface area contributed by atoms with Gasteiger partial charge in [0.15, 0.2) is 5.96 Å². The van der Waals surface area contributed by atoms with Crippen molar-refractivity contribution in [2.75, 3.05) is 34.7 Å². The first-order valence-electron chi connectivity index (χ1n) is 9.68. The maximum absolute atomic E-state index is 12.5. The average Bonchev–Trinajstić information content (AvgIpc) is 2.64. The topological polar surface area (TPSA) is 65.0 Å². The van der Waals surface area contributed by atoms with Crippen LogP contribution in [0.15, 0.2) is 34.2 Å². The molecule has 0 aromatic heterocycles. The molecule has 1 aliphatic carbocycles. The van der Waals surface area contributed by atoms with Gasteiger partial charge in [-0.2, -0.15) is 0 Å². The van der Waals surface area contributed by atoms with E-state index in [4.69, 9.17) is 0 Å². The summed E-state index contributed by atoms with van der Waals surface area (Å²) in [6, 6.07) is 7.12. The fraction of sp³-hybridized carbons (Fsp3) is 0.650. The molecule has 1 saturated carbocycles. The zero-order valence-corrected chi connectivity index (χ0v) is 20.8. The van der Waals surface area contributed by atoms with Crippen molar-refractivity contribution in [3.05, 3.63) is 29.8 Å². The summed E-state index contributed by atoms with van der Waals surface area (Å²) in [6.45, 7) is 3.73. The smallest absolute Gasteiger partial charge is 0.242 e. The van der Waals surface area contributed by atoms with Gasteiger partial charge in [0, 0.05) is 41.3 Å². The highest BCUT2D eigenvalue weighted by atomic mass is 127. The molecule has 0 radical (unpaired) electrons. The minimum Gasteiger partial charge on any atom is -0.352 e. The molecule has 2 rings (SSSR count). The first kappa shape index (κ1) is 25.2. The number of rotatable bonds is 6. The normalized spacial score (nSPS) is 20.6. The van der Waals surface area contributed by atoms with Crippen LogP contribution in [0.25, 0.3) is 0 Å². The number of hydrogen-bond acceptors (Lipinski definition) is 3. The van der Waals surface area contributed by atoms with Crippen molar-refractivity contribution < 1.29 is 8.42 Å². The van der Waals surface area contributed by atoms with Crippen molar-refractivity contribution in [2.24, 2.45) is 16.8 Å². The molecule has 0 atom stereocenters. The molecular formula is C20H35IN4O2S. The first-order chi connectivity index (χ1) is 12.8. The molecule has 160 valence electrons. The summed E-state index contributed by atoms with van der Waals surface area (Å²) < 4.78 is 26.3. The summed E-state index contributed by atoms with van der Waals surface area (Å²) in [5.41, 5.74) is 0.743. The van der Waals surface area contributed by atoms with Gasteiger partial charge in [-0.3, -0.25) is 4.99 Å². The van der Waals surface area contributed by atoms with Gasteiger partial charge in [-0.1, -0.05) is 38.0 Å². The highest BCUT2D eigenvalue weighted by Gasteiger charge is 2.22. The molecular weight excluding hydrogens is 487 g/mol. The molecule has 6 nitrogen and oxygen atoms in total. The number of aliphatic imine (C=N–C) groups is 1. The van der Waals surface area contributed by atoms with Crippen LogP contribution >= 0.6 is 24.0 Å². The van der Waals surface area contributed by atoms with Crippen molar-refractivity contribution in [2.45, 2.75) is 44.0 Å². The Morgan fingerprint density at radius 2 is 1.75 bits per heavy atom. The molecule has 8 heteroatoms. The van der Waals surface area contributed by atoms with Crippen LogP contribution in [0.1, 0.15) is 38.2 Å². The first-order valence-corrected chi connectivity index (χ1v) is 11.1. The maximum Gasteiger partial charge on any atom is 0.242 e. The fourth-order valence-corrected chi connectivity index (χ4v) is 4.76. The number of benzene rings is 1. The SMILES string of the molecule is CN=C(NCc1ccccc1S(=O)(=O)N(C)C)N(C)CC1CCC(C)CC1.I. The van der Waals surface area contributed by atoms with Gasteiger partial charge in [0.1, 0.15) is 0 Å². The van der Waals surface area contributed by atoms with E-state index in [1.54, 1.807) is 33.3 Å². The van der Waals surface area contributed by atoms with E-state index in [0.717, 1.165) is 24.0 Å². The Morgan fingerprint density at radius 3 is 2.32 bits per heavy atom. The molecule has 1 aromatic carbocycles. The number of nitrogens with zero attached hydrogens (tertiary/aromatic N) is 3. The molecule has 28 heavy (non-hydrogen) atoms. The van der Waals surface area contributed by atoms with Crippen molar-refractivity contribution in [3.8, 4) is 0 Å². The third-order valence-corrected chi connectivity index (χ3v) is 7.32. The summed E-state index contributed by atoms with van der Waals surface area (Å²) in [4.78, 5) is 6.87. The van der Waals surface area contributed by atoms with Crippen molar-refractivity contribution >= 4 is 40.0 Å². The monoisotopic (exact) mass is 522 g/mol. The van der Waals surface area contributed by atoms with Crippen molar-refractivity contribution in [1.29, 1.82) is 0 Å². The van der Waals surface area contributed by atoms with Gasteiger partial charge in [0.2, 0.25) is 10.0 Å². The molecule has 0 aliphatic heterocycles. The van der Waals surface area contributed by atoms with Gasteiger partial charge >= 0.3 is 0 Å². The molecule has 0 bridgehead atoms. The van der Waals surface area contributed by atoms with Gasteiger partial charge in [0.25, 0.3) is 0 Å². The molecule has 1 N–H and O–H groups in total. The van der Waals surface area contributed by atoms with Crippen LogP contribution in [0.5, 0.6) is 0 Å². The van der Waals surface area contributed by atoms with Gasteiger partial charge < -0.3 is 10.2 Å². The Kier molecular flexibility index (Phi) is 10.2. The fourth-order valence-electron chi connectivity index (χ4n) is 3.64. The van der Waals surface area contributed by atoms with E-state index in [2.05, 4.69) is 29.2 Å². The molecule has 0 saturated heterocycles. The number of nitrogens with one attached hydrogen (secondary N) is 1. The van der Waals surface area contributed by atoms with Crippen LogP contribution in [0.2, 0.25) is 0 Å². The zero-order chi connectivity index (χ0) is 20.0. The van der Waals surface area contributed by atoms with E-state index in [1.165, 1.54) is 30.0 Å². The lowest BCUT2D eigenvalue weighted by molar-refractivity contribution is 0.250. The van der Waals surface area contributed by atoms with Crippen LogP contribution in [-0.4, -0.2) is 58.3 Å². The highest BCUT2D eigenvalue weighted by Crippen LogP contribution is 2.28. The van der Waals surface area contributed by atoms with Crippen molar-refractivity contribution in [1.82, 2.24) is 14.5 Å². The Labute approximate surface area is 187 Å². The standard InChI is InChI=1S/C20H34N4O2S.HI/c1-16-10-12-17(13-11-16)15-24(5)20(21-2)22-14-18-8-6-7-9-19(18)27(25,26)23(3)4;/h6-9,16-17H,10-15H2,1-5H3,(H,21,22);1H. The molecule has 0 amide bonds. The summed E-state index contributed by atoms with van der Waals surface area (Å²) >= 11 is 0. The molecule has 0 unspecified atom stereocenters. The van der Waals surface area contributed by atoms with E-state index in [-0.39, 0.29) is 24.0 Å². The second kappa shape index (κ2) is 11.3. The molecule has 0 heterocycles. The van der Waals surface area contributed by atoms with E-state index < -0.39 is 10.0 Å². The Bertz CT molecular complexity index is 744. The number of sulfonamides is 1. The van der Waals surface area contributed by atoms with Crippen LogP contribution < -0.4 is 5.32 Å². The summed E-state index contributed by atoms with van der Waals surface area (Å²) in [5.74, 6) is 2.34. The minimum absolute atomic E-state index is 0. The Hall–Kier alpha value is -0.870. The van der Waals surface area contributed by atoms with E-state index in [1.807, 2.05) is 12.1 Å². The van der Waals surface area contributed by atoms with E-state index in [9.17, 15) is 8.42 Å². The largest absolute Gasteiger partial charge is 0.352 e. The molecule has 1 aliphatic rings. The van der Waals surface area contributed by atoms with E-state index in [0.29, 0.717) is 17.4 Å². The lowest BCUT2D eigenvalue weighted by atomic mass is 9.83. The molecule has 0 spiro atoms. The summed E-state index contributed by atoms with van der Waals surface area (Å²) in [7, 11) is 3.45. The second-order valence-corrected chi connectivity index (χ2v) is 9.92. The highest BCUT2D eigenvalue weighted by molar-refractivity contribution is 14.0. The lowest BCUT2D eigenvalue weighted by Gasteiger charge is -2.31. The maximum atomic E-state index is 12.5. The predicted molar refractivity (Wildman–Crippen MR) is 127 cm³/mol. The quantitative estimate of drug-likeness (QED) is 0.354. The summed E-state index contributed by atoms with van der Waals surface area (Å²) in [5, 5.41) is 3.33. The van der Waals surface area contributed by atoms with Gasteiger partial charge in [-0.05, 0) is 36.3 Å². The van der Waals surface area contributed by atoms with E-state index >= 15 is 0 Å². The van der Waals surface area contributed by atoms with Crippen LogP contribution in [-0.2, 0) is 16.6 Å². The number of hydrogen-bond donors (Lipinski definition) is 1. The van der Waals surface area contributed by atoms with Crippen LogP contribution in [0, 0.1) is 11.8 Å². The van der Waals surface area contributed by atoms with Gasteiger partial charge in [0.05, 0.1) is 4.90 Å².